The highest BCUT2D eigenvalue weighted by Crippen LogP contribution is 2.38. The van der Waals surface area contributed by atoms with E-state index in [-0.39, 0.29) is 30.3 Å². The summed E-state index contributed by atoms with van der Waals surface area (Å²) in [6.07, 6.45) is 3.90. The molecule has 2 rings (SSSR count). The number of carbonyl (C=O) groups is 1. The Bertz CT molecular complexity index is 370. The Morgan fingerprint density at radius 1 is 1.29 bits per heavy atom. The van der Waals surface area contributed by atoms with Crippen LogP contribution in [-0.2, 0) is 18.8 Å². The number of hydrogen-bond acceptors (Lipinski definition) is 5. The van der Waals surface area contributed by atoms with E-state index in [1.54, 1.807) is 0 Å². The third kappa shape index (κ3) is 3.60. The summed E-state index contributed by atoms with van der Waals surface area (Å²) in [5.41, 5.74) is -0.526. The van der Waals surface area contributed by atoms with Gasteiger partial charge in [0.1, 0.15) is 6.04 Å². The van der Waals surface area contributed by atoms with Crippen LogP contribution in [0.3, 0.4) is 0 Å². The molecule has 0 aliphatic carbocycles. The molecule has 21 heavy (non-hydrogen) atoms. The van der Waals surface area contributed by atoms with Crippen LogP contribution in [0.25, 0.3) is 0 Å². The Labute approximate surface area is 128 Å². The molecule has 2 aliphatic rings. The van der Waals surface area contributed by atoms with Crippen molar-refractivity contribution in [3.63, 3.8) is 0 Å². The number of carbonyl (C=O) groups excluding carboxylic acids is 1. The van der Waals surface area contributed by atoms with Crippen LogP contribution >= 0.6 is 0 Å². The fraction of sp³-hybridized carbons (Fsp3) is 0.933. The van der Waals surface area contributed by atoms with E-state index >= 15 is 0 Å². The lowest BCUT2D eigenvalue weighted by Gasteiger charge is -2.32. The minimum Gasteiger partial charge on any atom is -0.468 e. The van der Waals surface area contributed by atoms with Gasteiger partial charge in [0.2, 0.25) is 0 Å². The predicted octanol–water partition coefficient (Wildman–Crippen LogP) is 2.01. The minimum atomic E-state index is -0.263. The van der Waals surface area contributed by atoms with Crippen molar-refractivity contribution in [1.29, 1.82) is 0 Å². The molecule has 0 radical (unpaired) electrons. The number of esters is 1. The van der Waals surface area contributed by atoms with Gasteiger partial charge in [-0.05, 0) is 59.3 Å². The normalized spacial score (nSPS) is 30.6. The van der Waals surface area contributed by atoms with E-state index in [0.29, 0.717) is 5.92 Å². The van der Waals surface area contributed by atoms with Crippen LogP contribution in [0.15, 0.2) is 0 Å². The maximum Gasteiger partial charge on any atom is 0.457 e. The van der Waals surface area contributed by atoms with E-state index in [2.05, 4.69) is 33.0 Å². The van der Waals surface area contributed by atoms with Gasteiger partial charge in [-0.25, -0.2) is 0 Å². The van der Waals surface area contributed by atoms with Crippen LogP contribution in [0.1, 0.15) is 47.0 Å². The first kappa shape index (κ1) is 16.8. The molecule has 2 atom stereocenters. The highest BCUT2D eigenvalue weighted by atomic mass is 16.7. The van der Waals surface area contributed by atoms with Gasteiger partial charge in [-0.1, -0.05) is 6.42 Å². The fourth-order valence-corrected chi connectivity index (χ4v) is 3.10. The Morgan fingerprint density at radius 3 is 2.48 bits per heavy atom. The highest BCUT2D eigenvalue weighted by molar-refractivity contribution is 6.45. The highest BCUT2D eigenvalue weighted by Gasteiger charge is 2.50. The summed E-state index contributed by atoms with van der Waals surface area (Å²) in [6.45, 7) is 9.17. The van der Waals surface area contributed by atoms with Crippen molar-refractivity contribution in [3.05, 3.63) is 0 Å². The Hall–Kier alpha value is -0.585. The molecular weight excluding hydrogens is 269 g/mol. The molecule has 2 fully saturated rings. The van der Waals surface area contributed by atoms with Crippen molar-refractivity contribution >= 4 is 13.1 Å². The van der Waals surface area contributed by atoms with E-state index in [1.807, 2.05) is 0 Å². The number of nitrogens with one attached hydrogen (secondary N) is 1. The number of ether oxygens (including phenoxy) is 1. The van der Waals surface area contributed by atoms with Gasteiger partial charge in [0.15, 0.2) is 0 Å². The number of hydrogen-bond donors (Lipinski definition) is 1. The standard InChI is InChI=1S/C15H28BNO4/c1-14(2)15(3,4)21-16(20-14)9-6-7-11-8-10-17-12(11)13(18)19-5/h11-12,17H,6-10H2,1-5H3/t11-,12+/m1/s1. The smallest absolute Gasteiger partial charge is 0.457 e. The number of rotatable bonds is 5. The molecular formula is C15H28BNO4. The lowest BCUT2D eigenvalue weighted by molar-refractivity contribution is -0.143. The van der Waals surface area contributed by atoms with E-state index in [9.17, 15) is 4.79 Å². The van der Waals surface area contributed by atoms with Gasteiger partial charge in [-0.15, -0.1) is 0 Å². The molecule has 5 nitrogen and oxygen atoms in total. The minimum absolute atomic E-state index is 0.138. The van der Waals surface area contributed by atoms with E-state index in [1.165, 1.54) is 7.11 Å². The summed E-state index contributed by atoms with van der Waals surface area (Å²) in [6, 6.07) is -0.145. The van der Waals surface area contributed by atoms with E-state index in [0.717, 1.165) is 32.1 Å². The van der Waals surface area contributed by atoms with Crippen molar-refractivity contribution in [1.82, 2.24) is 5.32 Å². The summed E-state index contributed by atoms with van der Waals surface area (Å²) in [5, 5.41) is 3.22. The Morgan fingerprint density at radius 2 is 1.90 bits per heavy atom. The average Bonchev–Trinajstić information content (AvgIpc) is 2.92. The molecule has 0 unspecified atom stereocenters. The van der Waals surface area contributed by atoms with Gasteiger partial charge in [-0.3, -0.25) is 4.79 Å². The monoisotopic (exact) mass is 297 g/mol. The van der Waals surface area contributed by atoms with Crippen molar-refractivity contribution in [2.45, 2.75) is 70.5 Å². The fourth-order valence-electron chi connectivity index (χ4n) is 3.10. The first-order valence-electron chi connectivity index (χ1n) is 7.94. The maximum atomic E-state index is 11.7. The second-order valence-electron chi connectivity index (χ2n) is 7.12. The number of methoxy groups -OCH3 is 1. The molecule has 1 N–H and O–H groups in total. The van der Waals surface area contributed by atoms with Crippen LogP contribution < -0.4 is 5.32 Å². The molecule has 0 aromatic heterocycles. The van der Waals surface area contributed by atoms with Crippen molar-refractivity contribution in [2.24, 2.45) is 5.92 Å². The largest absolute Gasteiger partial charge is 0.468 e. The van der Waals surface area contributed by atoms with Crippen molar-refractivity contribution in [3.8, 4) is 0 Å². The summed E-state index contributed by atoms with van der Waals surface area (Å²) in [5.74, 6) is 0.216. The molecule has 0 aromatic carbocycles. The summed E-state index contributed by atoms with van der Waals surface area (Å²) < 4.78 is 16.8. The summed E-state index contributed by atoms with van der Waals surface area (Å²) in [4.78, 5) is 11.7. The molecule has 0 bridgehead atoms. The van der Waals surface area contributed by atoms with Crippen molar-refractivity contribution < 1.29 is 18.8 Å². The van der Waals surface area contributed by atoms with E-state index in [4.69, 9.17) is 14.0 Å². The molecule has 120 valence electrons. The van der Waals surface area contributed by atoms with Gasteiger partial charge in [0.25, 0.3) is 0 Å². The molecule has 2 heterocycles. The van der Waals surface area contributed by atoms with Gasteiger partial charge in [0.05, 0.1) is 18.3 Å². The lowest BCUT2D eigenvalue weighted by Crippen LogP contribution is -2.41. The quantitative estimate of drug-likeness (QED) is 0.621. The van der Waals surface area contributed by atoms with Crippen LogP contribution in [0.4, 0.5) is 0 Å². The zero-order valence-electron chi connectivity index (χ0n) is 13.9. The van der Waals surface area contributed by atoms with Gasteiger partial charge >= 0.3 is 13.1 Å². The van der Waals surface area contributed by atoms with Gasteiger partial charge in [0, 0.05) is 0 Å². The zero-order chi connectivity index (χ0) is 15.7. The second-order valence-corrected chi connectivity index (χ2v) is 7.12. The molecule has 0 spiro atoms. The molecule has 6 heteroatoms. The SMILES string of the molecule is COC(=O)[C@H]1NCC[C@H]1CCCB1OC(C)(C)C(C)(C)O1. The topological polar surface area (TPSA) is 56.8 Å². The molecule has 0 aromatic rings. The Kier molecular flexibility index (Phi) is 5.01. The van der Waals surface area contributed by atoms with Crippen molar-refractivity contribution in [2.75, 3.05) is 13.7 Å². The van der Waals surface area contributed by atoms with Gasteiger partial charge in [-0.2, -0.15) is 0 Å². The van der Waals surface area contributed by atoms with Crippen LogP contribution in [0.5, 0.6) is 0 Å². The lowest BCUT2D eigenvalue weighted by atomic mass is 9.80. The van der Waals surface area contributed by atoms with Crippen LogP contribution in [-0.4, -0.2) is 44.0 Å². The van der Waals surface area contributed by atoms with E-state index < -0.39 is 0 Å². The molecule has 2 saturated heterocycles. The molecule has 2 aliphatic heterocycles. The first-order chi connectivity index (χ1) is 9.77. The third-order valence-corrected chi connectivity index (χ3v) is 5.12. The van der Waals surface area contributed by atoms with Crippen LogP contribution in [0.2, 0.25) is 6.32 Å². The third-order valence-electron chi connectivity index (χ3n) is 5.12. The maximum absolute atomic E-state index is 11.7. The predicted molar refractivity (Wildman–Crippen MR) is 82.0 cm³/mol. The molecule has 0 amide bonds. The first-order valence-corrected chi connectivity index (χ1v) is 7.94. The molecule has 0 saturated carbocycles. The zero-order valence-corrected chi connectivity index (χ0v) is 13.9. The summed E-state index contributed by atoms with van der Waals surface area (Å²) in [7, 11) is 1.31. The van der Waals surface area contributed by atoms with Crippen LogP contribution in [0, 0.1) is 5.92 Å². The Balaban J connectivity index is 1.77. The summed E-state index contributed by atoms with van der Waals surface area (Å²) >= 11 is 0. The average molecular weight is 297 g/mol. The second kappa shape index (κ2) is 6.27. The van der Waals surface area contributed by atoms with Gasteiger partial charge < -0.3 is 19.4 Å².